The monoisotopic (exact) mass is 324 g/mol. The van der Waals surface area contributed by atoms with Gasteiger partial charge in [-0.05, 0) is 42.4 Å². The average Bonchev–Trinajstić information content (AvgIpc) is 2.92. The van der Waals surface area contributed by atoms with Crippen LogP contribution in [-0.2, 0) is 0 Å². The van der Waals surface area contributed by atoms with Gasteiger partial charge in [-0.25, -0.2) is 4.98 Å². The number of nitrogens with zero attached hydrogens (tertiary/aromatic N) is 1. The molecule has 14 heavy (non-hydrogen) atoms. The Bertz CT molecular complexity index is 412. The molecule has 5 heteroatoms. The Labute approximate surface area is 100 Å². The van der Waals surface area contributed by atoms with Gasteiger partial charge in [0, 0.05) is 5.92 Å². The van der Waals surface area contributed by atoms with Crippen LogP contribution in [0.4, 0.5) is 0 Å². The smallest absolute Gasteiger partial charge is 0.264 e. The van der Waals surface area contributed by atoms with Gasteiger partial charge in [0.15, 0.2) is 0 Å². The summed E-state index contributed by atoms with van der Waals surface area (Å²) in [7, 11) is 0. The molecule has 1 fully saturated rings. The van der Waals surface area contributed by atoms with Crippen LogP contribution in [0.5, 0.6) is 0 Å². The fourth-order valence-electron chi connectivity index (χ4n) is 1.31. The van der Waals surface area contributed by atoms with E-state index in [1.807, 2.05) is 6.92 Å². The molecule has 1 aliphatic carbocycles. The van der Waals surface area contributed by atoms with Crippen LogP contribution in [0.1, 0.15) is 42.6 Å². The molecular weight excluding hydrogens is 314 g/mol. The molecule has 0 aliphatic heterocycles. The molecule has 76 valence electrons. The summed E-state index contributed by atoms with van der Waals surface area (Å²) in [4.78, 5) is 18.6. The zero-order chi connectivity index (χ0) is 10.3. The second kappa shape index (κ2) is 3.81. The van der Waals surface area contributed by atoms with Crippen molar-refractivity contribution < 1.29 is 0 Å². The van der Waals surface area contributed by atoms with Gasteiger partial charge in [0.05, 0.1) is 14.6 Å². The average molecular weight is 325 g/mol. The lowest BCUT2D eigenvalue weighted by Crippen LogP contribution is -2.18. The first-order valence-electron chi connectivity index (χ1n) is 4.53. The van der Waals surface area contributed by atoms with Gasteiger partial charge in [0.25, 0.3) is 5.56 Å². The molecule has 0 saturated heterocycles. The minimum atomic E-state index is -0.239. The highest BCUT2D eigenvalue weighted by molar-refractivity contribution is 14.1. The molecule has 1 N–H and O–H groups in total. The number of hydrogen-bond acceptors (Lipinski definition) is 2. The molecule has 1 saturated carbocycles. The first kappa shape index (κ1) is 10.4. The van der Waals surface area contributed by atoms with Crippen LogP contribution in [0, 0.1) is 3.57 Å². The van der Waals surface area contributed by atoms with E-state index in [1.54, 1.807) is 0 Å². The maximum atomic E-state index is 11.5. The van der Waals surface area contributed by atoms with Crippen molar-refractivity contribution in [3.63, 3.8) is 0 Å². The lowest BCUT2D eigenvalue weighted by molar-refractivity contribution is 0.838. The third-order valence-electron chi connectivity index (χ3n) is 2.25. The van der Waals surface area contributed by atoms with Gasteiger partial charge in [0.2, 0.25) is 0 Å². The number of halogens is 2. The van der Waals surface area contributed by atoms with Crippen LogP contribution in [0.15, 0.2) is 4.79 Å². The first-order valence-corrected chi connectivity index (χ1v) is 6.04. The zero-order valence-electron chi connectivity index (χ0n) is 7.68. The van der Waals surface area contributed by atoms with Crippen LogP contribution in [0.3, 0.4) is 0 Å². The molecule has 0 spiro atoms. The van der Waals surface area contributed by atoms with Crippen molar-refractivity contribution >= 4 is 34.2 Å². The highest BCUT2D eigenvalue weighted by atomic mass is 127. The third kappa shape index (κ3) is 1.95. The van der Waals surface area contributed by atoms with E-state index in [1.165, 1.54) is 0 Å². The van der Waals surface area contributed by atoms with Crippen molar-refractivity contribution in [3.8, 4) is 0 Å². The van der Waals surface area contributed by atoms with Gasteiger partial charge < -0.3 is 4.98 Å². The maximum Gasteiger partial charge on any atom is 0.264 e. The van der Waals surface area contributed by atoms with E-state index in [9.17, 15) is 4.79 Å². The Morgan fingerprint density at radius 3 is 2.79 bits per heavy atom. The predicted molar refractivity (Wildman–Crippen MR) is 63.8 cm³/mol. The fraction of sp³-hybridized carbons (Fsp3) is 0.556. The third-order valence-corrected chi connectivity index (χ3v) is 3.50. The molecule has 0 aromatic carbocycles. The fourth-order valence-corrected chi connectivity index (χ4v) is 2.11. The zero-order valence-corrected chi connectivity index (χ0v) is 10.6. The van der Waals surface area contributed by atoms with E-state index in [2.05, 4.69) is 32.6 Å². The standard InChI is InChI=1S/C9H10ClIN2O/c1-4(10)8-12-7(5-2-3-5)6(11)9(14)13-8/h4-5H,2-3H2,1H3,(H,12,13,14). The number of hydrogen-bond donors (Lipinski definition) is 1. The topological polar surface area (TPSA) is 45.8 Å². The molecular formula is C9H10ClIN2O. The highest BCUT2D eigenvalue weighted by Gasteiger charge is 2.29. The summed E-state index contributed by atoms with van der Waals surface area (Å²) in [6.07, 6.45) is 2.28. The summed E-state index contributed by atoms with van der Waals surface area (Å²) in [6.45, 7) is 1.81. The summed E-state index contributed by atoms with van der Waals surface area (Å²) in [5, 5.41) is -0.239. The van der Waals surface area contributed by atoms with Gasteiger partial charge in [-0.15, -0.1) is 11.6 Å². The van der Waals surface area contributed by atoms with Crippen molar-refractivity contribution in [2.45, 2.75) is 31.1 Å². The normalized spacial score (nSPS) is 18.2. The molecule has 1 aromatic heterocycles. The van der Waals surface area contributed by atoms with Gasteiger partial charge in [0.1, 0.15) is 5.82 Å². The van der Waals surface area contributed by atoms with E-state index >= 15 is 0 Å². The lowest BCUT2D eigenvalue weighted by Gasteiger charge is -2.06. The predicted octanol–water partition coefficient (Wildman–Crippen LogP) is 2.55. The summed E-state index contributed by atoms with van der Waals surface area (Å²) in [6, 6.07) is 0. The van der Waals surface area contributed by atoms with Crippen LogP contribution in [0.25, 0.3) is 0 Å². The number of aromatic amines is 1. The van der Waals surface area contributed by atoms with Gasteiger partial charge in [-0.2, -0.15) is 0 Å². The number of aromatic nitrogens is 2. The van der Waals surface area contributed by atoms with E-state index in [-0.39, 0.29) is 10.9 Å². The second-order valence-electron chi connectivity index (χ2n) is 3.54. The number of nitrogens with one attached hydrogen (secondary N) is 1. The quantitative estimate of drug-likeness (QED) is 0.671. The molecule has 0 radical (unpaired) electrons. The van der Waals surface area contributed by atoms with Crippen molar-refractivity contribution in [3.05, 3.63) is 25.4 Å². The van der Waals surface area contributed by atoms with E-state index in [4.69, 9.17) is 11.6 Å². The van der Waals surface area contributed by atoms with Crippen LogP contribution in [0.2, 0.25) is 0 Å². The summed E-state index contributed by atoms with van der Waals surface area (Å²) in [5.74, 6) is 1.07. The lowest BCUT2D eigenvalue weighted by atomic mass is 10.3. The van der Waals surface area contributed by atoms with Crippen LogP contribution < -0.4 is 5.56 Å². The van der Waals surface area contributed by atoms with Gasteiger partial charge in [-0.3, -0.25) is 4.79 Å². The van der Waals surface area contributed by atoms with Gasteiger partial charge in [-0.1, -0.05) is 0 Å². The SMILES string of the molecule is CC(Cl)c1nc(C2CC2)c(I)c(=O)[nH]1. The maximum absolute atomic E-state index is 11.5. The Morgan fingerprint density at radius 2 is 2.29 bits per heavy atom. The number of rotatable bonds is 2. The Morgan fingerprint density at radius 1 is 1.64 bits per heavy atom. The molecule has 0 amide bonds. The number of H-pyrrole nitrogens is 1. The van der Waals surface area contributed by atoms with Crippen molar-refractivity contribution in [2.24, 2.45) is 0 Å². The summed E-state index contributed by atoms with van der Waals surface area (Å²) >= 11 is 7.94. The Balaban J connectivity index is 2.52. The van der Waals surface area contributed by atoms with Crippen LogP contribution >= 0.6 is 34.2 Å². The van der Waals surface area contributed by atoms with Gasteiger partial charge >= 0.3 is 0 Å². The summed E-state index contributed by atoms with van der Waals surface area (Å²) in [5.41, 5.74) is 0.863. The van der Waals surface area contributed by atoms with Crippen molar-refractivity contribution in [1.82, 2.24) is 9.97 Å². The van der Waals surface area contributed by atoms with Crippen LogP contribution in [-0.4, -0.2) is 9.97 Å². The highest BCUT2D eigenvalue weighted by Crippen LogP contribution is 2.40. The second-order valence-corrected chi connectivity index (χ2v) is 5.27. The van der Waals surface area contributed by atoms with E-state index < -0.39 is 0 Å². The minimum absolute atomic E-state index is 0.0648. The molecule has 2 rings (SSSR count). The molecule has 1 atom stereocenters. The molecule has 1 heterocycles. The summed E-state index contributed by atoms with van der Waals surface area (Å²) < 4.78 is 0.714. The molecule has 1 aromatic rings. The largest absolute Gasteiger partial charge is 0.308 e. The molecule has 0 bridgehead atoms. The minimum Gasteiger partial charge on any atom is -0.308 e. The number of alkyl halides is 1. The molecule has 3 nitrogen and oxygen atoms in total. The molecule has 1 unspecified atom stereocenters. The first-order chi connectivity index (χ1) is 6.59. The van der Waals surface area contributed by atoms with Crippen molar-refractivity contribution in [1.29, 1.82) is 0 Å². The van der Waals surface area contributed by atoms with Crippen molar-refractivity contribution in [2.75, 3.05) is 0 Å². The Hall–Kier alpha value is -0.100. The Kier molecular flexibility index (Phi) is 2.83. The van der Waals surface area contributed by atoms with E-state index in [0.29, 0.717) is 15.3 Å². The molecule has 1 aliphatic rings. The van der Waals surface area contributed by atoms with E-state index in [0.717, 1.165) is 18.5 Å².